The van der Waals surface area contributed by atoms with E-state index in [0.29, 0.717) is 12.5 Å². The highest BCUT2D eigenvalue weighted by molar-refractivity contribution is 7.18. The summed E-state index contributed by atoms with van der Waals surface area (Å²) in [6.07, 6.45) is 1.87. The third-order valence-corrected chi connectivity index (χ3v) is 4.56. The van der Waals surface area contributed by atoms with Gasteiger partial charge in [0.1, 0.15) is 0 Å². The zero-order valence-corrected chi connectivity index (χ0v) is 13.9. The number of nitrogens with one attached hydrogen (secondary N) is 1. The Balaban J connectivity index is 1.50. The SMILES string of the molecule is Cc1cccc(NC(N)=NCCCc2nc3ccccc3s2)c1. The molecule has 0 fully saturated rings. The van der Waals surface area contributed by atoms with Crippen molar-refractivity contribution >= 4 is 33.2 Å². The number of rotatable bonds is 5. The van der Waals surface area contributed by atoms with E-state index in [1.54, 1.807) is 11.3 Å². The van der Waals surface area contributed by atoms with E-state index in [0.717, 1.165) is 29.1 Å². The number of aliphatic imine (C=N–C) groups is 1. The number of hydrogen-bond donors (Lipinski definition) is 2. The van der Waals surface area contributed by atoms with Crippen LogP contribution in [0, 0.1) is 6.92 Å². The fourth-order valence-corrected chi connectivity index (χ4v) is 3.38. The molecule has 0 aliphatic rings. The first-order chi connectivity index (χ1) is 11.2. The molecule has 118 valence electrons. The van der Waals surface area contributed by atoms with Crippen LogP contribution in [-0.4, -0.2) is 17.5 Å². The van der Waals surface area contributed by atoms with Gasteiger partial charge in [-0.05, 0) is 43.2 Å². The number of aromatic nitrogens is 1. The number of guanidine groups is 1. The highest BCUT2D eigenvalue weighted by Gasteiger charge is 2.02. The Morgan fingerprint density at radius 3 is 2.91 bits per heavy atom. The molecule has 5 heteroatoms. The third kappa shape index (κ3) is 4.29. The maximum absolute atomic E-state index is 5.92. The molecule has 1 aromatic heterocycles. The number of fused-ring (bicyclic) bond motifs is 1. The van der Waals surface area contributed by atoms with Crippen LogP contribution >= 0.6 is 11.3 Å². The second-order valence-electron chi connectivity index (χ2n) is 5.44. The van der Waals surface area contributed by atoms with Crippen molar-refractivity contribution < 1.29 is 0 Å². The molecular weight excluding hydrogens is 304 g/mol. The van der Waals surface area contributed by atoms with Crippen LogP contribution in [0.15, 0.2) is 53.5 Å². The van der Waals surface area contributed by atoms with E-state index in [1.807, 2.05) is 30.3 Å². The first-order valence-corrected chi connectivity index (χ1v) is 8.50. The minimum absolute atomic E-state index is 0.458. The monoisotopic (exact) mass is 324 g/mol. The predicted molar refractivity (Wildman–Crippen MR) is 99.2 cm³/mol. The van der Waals surface area contributed by atoms with Crippen LogP contribution in [0.3, 0.4) is 0 Å². The summed E-state index contributed by atoms with van der Waals surface area (Å²) in [5.41, 5.74) is 9.17. The lowest BCUT2D eigenvalue weighted by Crippen LogP contribution is -2.22. The van der Waals surface area contributed by atoms with Gasteiger partial charge in [-0.1, -0.05) is 24.3 Å². The van der Waals surface area contributed by atoms with Gasteiger partial charge in [0.25, 0.3) is 0 Å². The van der Waals surface area contributed by atoms with E-state index in [2.05, 4.69) is 40.4 Å². The molecule has 0 aliphatic heterocycles. The molecule has 0 unspecified atom stereocenters. The summed E-state index contributed by atoms with van der Waals surface area (Å²) in [4.78, 5) is 9.01. The number of thiazole rings is 1. The smallest absolute Gasteiger partial charge is 0.193 e. The molecule has 3 rings (SSSR count). The third-order valence-electron chi connectivity index (χ3n) is 3.46. The van der Waals surface area contributed by atoms with E-state index >= 15 is 0 Å². The maximum Gasteiger partial charge on any atom is 0.193 e. The van der Waals surface area contributed by atoms with Crippen LogP contribution in [0.4, 0.5) is 5.69 Å². The zero-order valence-electron chi connectivity index (χ0n) is 13.1. The molecule has 0 amide bonds. The standard InChI is InChI=1S/C18H20N4S/c1-13-6-4-7-14(12-13)21-18(19)20-11-5-10-17-22-15-8-2-3-9-16(15)23-17/h2-4,6-9,12H,5,10-11H2,1H3,(H3,19,20,21). The Labute approximate surface area is 140 Å². The van der Waals surface area contributed by atoms with E-state index in [1.165, 1.54) is 10.3 Å². The van der Waals surface area contributed by atoms with Crippen LogP contribution in [0.2, 0.25) is 0 Å². The minimum atomic E-state index is 0.458. The average Bonchev–Trinajstić information content (AvgIpc) is 2.94. The van der Waals surface area contributed by atoms with Crippen molar-refractivity contribution in [2.45, 2.75) is 19.8 Å². The summed E-state index contributed by atoms with van der Waals surface area (Å²) in [6, 6.07) is 16.3. The molecule has 0 bridgehead atoms. The summed E-state index contributed by atoms with van der Waals surface area (Å²) >= 11 is 1.75. The summed E-state index contributed by atoms with van der Waals surface area (Å²) in [7, 11) is 0. The van der Waals surface area contributed by atoms with Crippen molar-refractivity contribution in [1.82, 2.24) is 4.98 Å². The zero-order chi connectivity index (χ0) is 16.1. The van der Waals surface area contributed by atoms with Gasteiger partial charge < -0.3 is 11.1 Å². The Morgan fingerprint density at radius 2 is 2.09 bits per heavy atom. The summed E-state index contributed by atoms with van der Waals surface area (Å²) in [6.45, 7) is 2.75. The van der Waals surface area contributed by atoms with Crippen molar-refractivity contribution in [2.75, 3.05) is 11.9 Å². The molecule has 0 saturated carbocycles. The summed E-state index contributed by atoms with van der Waals surface area (Å²) in [5.74, 6) is 0.458. The molecule has 0 aliphatic carbocycles. The lowest BCUT2D eigenvalue weighted by Gasteiger charge is -2.06. The number of aryl methyl sites for hydroxylation is 2. The topological polar surface area (TPSA) is 63.3 Å². The van der Waals surface area contributed by atoms with E-state index in [4.69, 9.17) is 5.73 Å². The van der Waals surface area contributed by atoms with Crippen molar-refractivity contribution in [3.8, 4) is 0 Å². The van der Waals surface area contributed by atoms with Crippen LogP contribution in [0.5, 0.6) is 0 Å². The quantitative estimate of drug-likeness (QED) is 0.424. The molecule has 1 heterocycles. The lowest BCUT2D eigenvalue weighted by atomic mass is 10.2. The van der Waals surface area contributed by atoms with Crippen LogP contribution < -0.4 is 11.1 Å². The first kappa shape index (κ1) is 15.5. The summed E-state index contributed by atoms with van der Waals surface area (Å²) < 4.78 is 1.24. The highest BCUT2D eigenvalue weighted by Crippen LogP contribution is 2.22. The highest BCUT2D eigenvalue weighted by atomic mass is 32.1. The van der Waals surface area contributed by atoms with Gasteiger partial charge in [0.05, 0.1) is 15.2 Å². The van der Waals surface area contributed by atoms with Crippen molar-refractivity contribution in [2.24, 2.45) is 10.7 Å². The number of anilines is 1. The van der Waals surface area contributed by atoms with Gasteiger partial charge in [-0.3, -0.25) is 4.99 Å². The van der Waals surface area contributed by atoms with Gasteiger partial charge >= 0.3 is 0 Å². The number of benzene rings is 2. The Morgan fingerprint density at radius 1 is 1.22 bits per heavy atom. The molecule has 2 aromatic carbocycles. The first-order valence-electron chi connectivity index (χ1n) is 7.69. The second kappa shape index (κ2) is 7.24. The van der Waals surface area contributed by atoms with Crippen LogP contribution in [0.1, 0.15) is 17.0 Å². The second-order valence-corrected chi connectivity index (χ2v) is 6.56. The van der Waals surface area contributed by atoms with Crippen molar-refractivity contribution in [1.29, 1.82) is 0 Å². The normalized spacial score (nSPS) is 11.8. The number of nitrogens with zero attached hydrogens (tertiary/aromatic N) is 2. The molecule has 0 saturated heterocycles. The van der Waals surface area contributed by atoms with Gasteiger partial charge in [-0.2, -0.15) is 0 Å². The van der Waals surface area contributed by atoms with Crippen molar-refractivity contribution in [3.05, 3.63) is 59.1 Å². The lowest BCUT2D eigenvalue weighted by molar-refractivity contribution is 0.827. The molecule has 3 aromatic rings. The maximum atomic E-state index is 5.92. The van der Waals surface area contributed by atoms with Gasteiger partial charge in [-0.25, -0.2) is 4.98 Å². The summed E-state index contributed by atoms with van der Waals surface area (Å²) in [5, 5.41) is 4.28. The largest absolute Gasteiger partial charge is 0.370 e. The molecule has 23 heavy (non-hydrogen) atoms. The van der Waals surface area contributed by atoms with Crippen LogP contribution in [0.25, 0.3) is 10.2 Å². The predicted octanol–water partition coefficient (Wildman–Crippen LogP) is 3.96. The minimum Gasteiger partial charge on any atom is -0.370 e. The van der Waals surface area contributed by atoms with Gasteiger partial charge in [0, 0.05) is 18.7 Å². The fourth-order valence-electron chi connectivity index (χ4n) is 2.37. The molecule has 0 atom stereocenters. The molecule has 4 nitrogen and oxygen atoms in total. The number of hydrogen-bond acceptors (Lipinski definition) is 3. The molecular formula is C18H20N4S. The number of nitrogens with two attached hydrogens (primary N) is 1. The molecule has 0 radical (unpaired) electrons. The number of para-hydroxylation sites is 1. The fraction of sp³-hybridized carbons (Fsp3) is 0.222. The average molecular weight is 324 g/mol. The van der Waals surface area contributed by atoms with E-state index in [-0.39, 0.29) is 0 Å². The van der Waals surface area contributed by atoms with E-state index < -0.39 is 0 Å². The van der Waals surface area contributed by atoms with Crippen molar-refractivity contribution in [3.63, 3.8) is 0 Å². The Kier molecular flexibility index (Phi) is 4.88. The van der Waals surface area contributed by atoms with E-state index in [9.17, 15) is 0 Å². The Hall–Kier alpha value is -2.40. The molecule has 3 N–H and O–H groups in total. The van der Waals surface area contributed by atoms with Gasteiger partial charge in [-0.15, -0.1) is 11.3 Å². The Bertz CT molecular complexity index is 790. The van der Waals surface area contributed by atoms with Gasteiger partial charge in [0.15, 0.2) is 5.96 Å². The van der Waals surface area contributed by atoms with Crippen LogP contribution in [-0.2, 0) is 6.42 Å². The molecule has 0 spiro atoms. The van der Waals surface area contributed by atoms with Gasteiger partial charge in [0.2, 0.25) is 0 Å².